The third kappa shape index (κ3) is 55.1. The van der Waals surface area contributed by atoms with Crippen LogP contribution in [0.15, 0.2) is 230 Å². The van der Waals surface area contributed by atoms with Crippen LogP contribution >= 0.6 is 49.9 Å². The van der Waals surface area contributed by atoms with Crippen molar-refractivity contribution in [2.75, 3.05) is 39.3 Å². The van der Waals surface area contributed by atoms with Crippen LogP contribution in [0, 0.1) is 41.5 Å². The molecule has 0 atom stereocenters. The molecule has 122 heavy (non-hydrogen) atoms. The third-order valence-electron chi connectivity index (χ3n) is 16.1. The van der Waals surface area contributed by atoms with Gasteiger partial charge < -0.3 is 83.9 Å². The predicted octanol–water partition coefficient (Wildman–Crippen LogP) is 28.6. The fourth-order valence-corrected chi connectivity index (χ4v) is 15.9. The molecule has 0 bridgehead atoms. The summed E-state index contributed by atoms with van der Waals surface area (Å²) in [6, 6.07) is 58.9. The molecule has 6 aromatic heterocycles. The van der Waals surface area contributed by atoms with Crippen molar-refractivity contribution in [1.29, 1.82) is 0 Å². The number of halogens is 1. The van der Waals surface area contributed by atoms with E-state index in [9.17, 15) is 28.8 Å². The average Bonchev–Trinajstić information content (AvgIpc) is 1.64. The van der Waals surface area contributed by atoms with Crippen LogP contribution in [0.4, 0.5) is 0 Å². The van der Waals surface area contributed by atoms with Gasteiger partial charge in [0.15, 0.2) is 0 Å². The molecular weight excluding hydrogens is 1820 g/mol. The van der Waals surface area contributed by atoms with E-state index in [0.29, 0.717) is 11.5 Å². The van der Waals surface area contributed by atoms with Crippen LogP contribution in [0.2, 0.25) is 65.0 Å². The van der Waals surface area contributed by atoms with Crippen molar-refractivity contribution in [3.05, 3.63) is 296 Å². The van der Waals surface area contributed by atoms with Gasteiger partial charge in [0, 0.05) is 97.5 Å². The van der Waals surface area contributed by atoms with Crippen molar-refractivity contribution in [3.8, 4) is 32.0 Å². The quantitative estimate of drug-likeness (QED) is 0.0765. The largest absolute Gasteiger partial charge is 3.00 e. The number of aryl methyl sites for hydroxylation is 1. The molecule has 12 nitrogen and oxygen atoms in total. The predicted molar refractivity (Wildman–Crippen MR) is 525 cm³/mol. The molecule has 9 heterocycles. The Morgan fingerprint density at radius 2 is 0.836 bits per heavy atom. The Kier molecular flexibility index (Phi) is 74.7. The Morgan fingerprint density at radius 3 is 1.18 bits per heavy atom. The van der Waals surface area contributed by atoms with Crippen molar-refractivity contribution >= 4 is 116 Å². The Labute approximate surface area is 791 Å². The van der Waals surface area contributed by atoms with E-state index in [0.717, 1.165) is 169 Å². The van der Waals surface area contributed by atoms with Crippen molar-refractivity contribution < 1.29 is 91.5 Å². The number of hydrogen-bond donors (Lipinski definition) is 0. The van der Waals surface area contributed by atoms with E-state index in [1.165, 1.54) is 58.9 Å². The molecule has 3 saturated heterocycles. The summed E-state index contributed by atoms with van der Waals surface area (Å²) in [6.45, 7) is 62.4. The van der Waals surface area contributed by atoms with Gasteiger partial charge in [-0.1, -0.05) is 244 Å². The molecule has 3 aliphatic rings. The molecule has 10 aromatic rings. The number of benzene rings is 4. The normalized spacial score (nSPS) is 11.9. The van der Waals surface area contributed by atoms with Crippen LogP contribution in [-0.4, -0.2) is 115 Å². The van der Waals surface area contributed by atoms with Gasteiger partial charge in [-0.05, 0) is 130 Å². The molecule has 4 aromatic carbocycles. The zero-order chi connectivity index (χ0) is 89.3. The summed E-state index contributed by atoms with van der Waals surface area (Å²) in [4.78, 5) is 78.7. The molecule has 3 amide bonds. The molecule has 3 aliphatic heterocycles. The standard InChI is InChI=1S/C22H21NOS.C16H17NOS.C10H13NOS.C10H15O2Si.C8H11O2Si.C6H5Br.C5H3O2.C5H12Si.6C3H7.3Ni/c24-22(23-14-8-3-9-15-23)21-19(17-10-4-1-5-11-17)16-20(25-21)18-12-6-2-7-13-18;18-16(17-11-5-2-6-12-17)15-10-9-14(19-15)13-7-3-1-4-8-13;12-10(9-5-4-8-13-9)11-6-2-1-3-7-11;1-13(2,3)7-5-9-4-6-12-10(9)8-11;1-11(2,3)8-4-5-10-7(8)6-9;7-6-4-2-1-3-5-6;6-4-5-2-1-3-7-5;1-5-6(2,3)4;6*1-3-2;;;/h1-2,4-7,10-13,16H,3,8-9,14-15H2;1,3-4,7-10H,2,5-6,11-12H2;4-5,8H,1-3,6-7H2;4,6H,5,7H2,1-3H3;4-5H,1-3H3;1-5H;1-3H;5H,1H2,2-4H3;6*1,3H2,2H3;;;/q;;;2*-1;;-1;;6*-1;3*+3. The number of rotatable bonds is 14. The third-order valence-corrected chi connectivity index (χ3v) is 24.8. The maximum absolute atomic E-state index is 13.2. The molecule has 0 aliphatic carbocycles. The second-order valence-electron chi connectivity index (χ2n) is 30.5. The molecule has 0 N–H and O–H groups in total. The minimum atomic E-state index is -1.40. The van der Waals surface area contributed by atoms with E-state index >= 15 is 0 Å². The first kappa shape index (κ1) is 122. The van der Waals surface area contributed by atoms with Gasteiger partial charge in [0.1, 0.15) is 4.88 Å². The second kappa shape index (κ2) is 74.8. The monoisotopic (exact) mass is 1960 g/mol. The molecule has 0 saturated carbocycles. The van der Waals surface area contributed by atoms with E-state index in [1.54, 1.807) is 59.9 Å². The number of carbonyl (C=O) groups is 3. The number of likely N-dealkylation sites (tertiary alicyclic amines) is 3. The minimum absolute atomic E-state index is 0. The molecule has 0 spiro atoms. The maximum Gasteiger partial charge on any atom is 3.00 e. The zero-order valence-electron chi connectivity index (χ0n) is 75.4. The van der Waals surface area contributed by atoms with Crippen molar-refractivity contribution in [1.82, 2.24) is 14.7 Å². The van der Waals surface area contributed by atoms with Crippen LogP contribution in [0.5, 0.6) is 0 Å². The topological polar surface area (TPSA) is 152 Å². The second-order valence-corrected chi connectivity index (χ2v) is 50.3. The van der Waals surface area contributed by atoms with Gasteiger partial charge in [-0.2, -0.15) is 49.8 Å². The molecule has 3 fully saturated rings. The van der Waals surface area contributed by atoms with Crippen LogP contribution in [0.25, 0.3) is 32.0 Å². The van der Waals surface area contributed by atoms with Crippen LogP contribution in [-0.2, 0) is 70.3 Å². The Bertz CT molecular complexity index is 4130. The summed E-state index contributed by atoms with van der Waals surface area (Å²) in [5.41, 5.74) is 7.60. The summed E-state index contributed by atoms with van der Waals surface area (Å²) < 4.78 is 15.6. The molecule has 3 radical (unpaired) electrons. The molecule has 0 unspecified atom stereocenters. The molecule has 13 rings (SSSR count). The summed E-state index contributed by atoms with van der Waals surface area (Å²) in [6.07, 6.45) is 27.3. The van der Waals surface area contributed by atoms with Gasteiger partial charge in [0.25, 0.3) is 17.7 Å². The SMILES string of the molecule is Brc1ccccc1.C=C[Si](C)(C)C.C[Si](C)(C)CCc1ccoc1[C-]=O.C[Si](C)(C)c1ccoc1[C-]=O.O=C(c1ccc(-c2ccccc2)s1)N1CCCCC1.O=C(c1cccs1)N1CCCCC1.O=C(c1sc(-c2ccccc2)cc1-c1ccccc1)N1CCCCC1.O=[C-]c1ccco1.[CH2-]CC.[CH2-]CC.[CH2-]CC.[CH2-]CC.[CH2-]CC.[CH2-]CC.[Ni+3].[Ni+3].[Ni+3]. The Hall–Kier alpha value is -6.41. The molecule has 22 heteroatoms. The number of amides is 3. The number of piperidine rings is 3. The summed E-state index contributed by atoms with van der Waals surface area (Å²) in [7, 11) is -3.29. The van der Waals surface area contributed by atoms with E-state index in [4.69, 9.17) is 8.83 Å². The van der Waals surface area contributed by atoms with Crippen LogP contribution in [0.1, 0.15) is 190 Å². The molecule has 675 valence electrons. The summed E-state index contributed by atoms with van der Waals surface area (Å²) in [5.74, 6) is 1.61. The number of carbonyl (C=O) groups excluding carboxylic acids is 6. The van der Waals surface area contributed by atoms with Gasteiger partial charge in [-0.25, -0.2) is 0 Å². The summed E-state index contributed by atoms with van der Waals surface area (Å²) in [5, 5.41) is 3.00. The van der Waals surface area contributed by atoms with Gasteiger partial charge >= 0.3 is 49.5 Å². The number of hydrogen-bond acceptors (Lipinski definition) is 12. The fraction of sp³-hybridized carbons (Fsp3) is 0.380. The zero-order valence-corrected chi connectivity index (χ0v) is 85.4. The maximum atomic E-state index is 13.2. The van der Waals surface area contributed by atoms with Gasteiger partial charge in [0.05, 0.1) is 36.6 Å². The summed E-state index contributed by atoms with van der Waals surface area (Å²) >= 11 is 8.06. The minimum Gasteiger partial charge on any atom is -0.501 e. The smallest absolute Gasteiger partial charge is 0.501 e. The van der Waals surface area contributed by atoms with Crippen LogP contribution in [0.3, 0.4) is 0 Å². The first-order valence-corrected chi connectivity index (χ1v) is 55.8. The van der Waals surface area contributed by atoms with Crippen LogP contribution < -0.4 is 5.19 Å². The van der Waals surface area contributed by atoms with E-state index in [1.807, 2.05) is 183 Å². The Morgan fingerprint density at radius 1 is 0.443 bits per heavy atom. The number of thiophene rings is 3. The van der Waals surface area contributed by atoms with Gasteiger partial charge in [-0.3, -0.25) is 14.4 Å². The van der Waals surface area contributed by atoms with Gasteiger partial charge in [0.2, 0.25) is 0 Å². The molecular formula is C100H139BrN3Ni3O9S3Si3. The first-order chi connectivity index (χ1) is 57.0. The first-order valence-electron chi connectivity index (χ1n) is 41.7. The number of furan rings is 3. The van der Waals surface area contributed by atoms with Gasteiger partial charge in [-0.15, -0.1) is 70.1 Å². The van der Waals surface area contributed by atoms with Crippen molar-refractivity contribution in [3.63, 3.8) is 0 Å². The fourth-order valence-electron chi connectivity index (χ4n) is 10.3. The van der Waals surface area contributed by atoms with E-state index in [-0.39, 0.29) is 73.0 Å². The van der Waals surface area contributed by atoms with E-state index in [2.05, 4.69) is 182 Å². The average molecular weight is 1960 g/mol. The number of nitrogens with zero attached hydrogens (tertiary/aromatic N) is 3. The van der Waals surface area contributed by atoms with Crippen molar-refractivity contribution in [2.24, 2.45) is 0 Å². The Balaban J connectivity index is -0.000000652. The van der Waals surface area contributed by atoms with E-state index < -0.39 is 24.2 Å². The van der Waals surface area contributed by atoms with Crippen molar-refractivity contribution in [2.45, 2.75) is 209 Å².